The highest BCUT2D eigenvalue weighted by Gasteiger charge is 2.13. The highest BCUT2D eigenvalue weighted by molar-refractivity contribution is 5.96. The second-order valence-corrected chi connectivity index (χ2v) is 2.57. The molecule has 0 aliphatic rings. The summed E-state index contributed by atoms with van der Waals surface area (Å²) in [7, 11) is 0. The first-order valence-electron chi connectivity index (χ1n) is 3.89. The van der Waals surface area contributed by atoms with Crippen molar-refractivity contribution in [2.75, 3.05) is 0 Å². The lowest BCUT2D eigenvalue weighted by Crippen LogP contribution is -2.34. The fraction of sp³-hybridized carbons (Fsp3) is 0.625. The van der Waals surface area contributed by atoms with Crippen LogP contribution in [0, 0.1) is 5.92 Å². The highest BCUT2D eigenvalue weighted by atomic mass is 16.2. The molecule has 68 valence electrons. The normalized spacial score (nSPS) is 11.8. The van der Waals surface area contributed by atoms with Crippen LogP contribution in [-0.2, 0) is 14.4 Å². The molecule has 0 heterocycles. The number of hydrogen-bond donors (Lipinski definition) is 1. The number of carbonyl (C=O) groups is 3. The second kappa shape index (κ2) is 5.46. The molecular weight excluding hydrogens is 158 g/mol. The summed E-state index contributed by atoms with van der Waals surface area (Å²) < 4.78 is 0. The van der Waals surface area contributed by atoms with Crippen LogP contribution >= 0.6 is 0 Å². The minimum absolute atomic E-state index is 0.156. The quantitative estimate of drug-likeness (QED) is 0.617. The fourth-order valence-electron chi connectivity index (χ4n) is 0.600. The zero-order valence-electron chi connectivity index (χ0n) is 7.29. The Hall–Kier alpha value is -1.19. The Morgan fingerprint density at radius 2 is 2.08 bits per heavy atom. The van der Waals surface area contributed by atoms with Crippen molar-refractivity contribution >= 4 is 18.1 Å². The Kier molecular flexibility index (Phi) is 4.92. The molecule has 4 heteroatoms. The first-order chi connectivity index (χ1) is 5.61. The Bertz CT molecular complexity index is 189. The topological polar surface area (TPSA) is 63.2 Å². The van der Waals surface area contributed by atoms with Crippen LogP contribution in [0.15, 0.2) is 0 Å². The number of amides is 2. The third kappa shape index (κ3) is 3.85. The van der Waals surface area contributed by atoms with Gasteiger partial charge in [-0.1, -0.05) is 13.8 Å². The molecule has 0 saturated carbocycles. The molecule has 0 aromatic heterocycles. The molecule has 0 aliphatic carbocycles. The van der Waals surface area contributed by atoms with Gasteiger partial charge in [0.15, 0.2) is 0 Å². The van der Waals surface area contributed by atoms with Gasteiger partial charge in [0.05, 0.1) is 0 Å². The van der Waals surface area contributed by atoms with Gasteiger partial charge < -0.3 is 4.79 Å². The number of carbonyl (C=O) groups excluding carboxylic acids is 3. The van der Waals surface area contributed by atoms with Gasteiger partial charge in [-0.25, -0.2) is 0 Å². The maximum Gasteiger partial charge on any atom is 0.229 e. The van der Waals surface area contributed by atoms with Crippen molar-refractivity contribution in [2.45, 2.75) is 26.7 Å². The van der Waals surface area contributed by atoms with Crippen molar-refractivity contribution in [2.24, 2.45) is 5.92 Å². The van der Waals surface area contributed by atoms with E-state index in [1.807, 2.05) is 0 Å². The van der Waals surface area contributed by atoms with Crippen molar-refractivity contribution in [1.29, 1.82) is 0 Å². The summed E-state index contributed by atoms with van der Waals surface area (Å²) in [6, 6.07) is 0. The van der Waals surface area contributed by atoms with Crippen LogP contribution < -0.4 is 5.32 Å². The minimum atomic E-state index is -0.419. The molecule has 0 rings (SSSR count). The van der Waals surface area contributed by atoms with Crippen molar-refractivity contribution in [3.05, 3.63) is 0 Å². The van der Waals surface area contributed by atoms with Crippen molar-refractivity contribution in [3.63, 3.8) is 0 Å². The van der Waals surface area contributed by atoms with Crippen molar-refractivity contribution in [3.8, 4) is 0 Å². The molecule has 12 heavy (non-hydrogen) atoms. The first kappa shape index (κ1) is 10.8. The van der Waals surface area contributed by atoms with Gasteiger partial charge in [-0.3, -0.25) is 14.9 Å². The third-order valence-corrected chi connectivity index (χ3v) is 1.48. The van der Waals surface area contributed by atoms with Crippen LogP contribution in [0.2, 0.25) is 0 Å². The molecule has 1 atom stereocenters. The first-order valence-corrected chi connectivity index (χ1v) is 3.89. The molecule has 1 unspecified atom stereocenters. The monoisotopic (exact) mass is 171 g/mol. The molecule has 0 radical (unpaired) electrons. The van der Waals surface area contributed by atoms with E-state index < -0.39 is 5.92 Å². The summed E-state index contributed by atoms with van der Waals surface area (Å²) in [6.07, 6.45) is 1.10. The smallest absolute Gasteiger partial charge is 0.229 e. The standard InChI is InChI=1S/C8H13NO3/c1-3-7(11)9-8(12)6(2)4-5-10/h5-6H,3-4H2,1-2H3,(H,9,11,12). The van der Waals surface area contributed by atoms with Gasteiger partial charge in [-0.2, -0.15) is 0 Å². The summed E-state index contributed by atoms with van der Waals surface area (Å²) in [5.74, 6) is -1.11. The van der Waals surface area contributed by atoms with Gasteiger partial charge in [-0.15, -0.1) is 0 Å². The van der Waals surface area contributed by atoms with Crippen LogP contribution in [0.3, 0.4) is 0 Å². The average molecular weight is 171 g/mol. The van der Waals surface area contributed by atoms with Crippen LogP contribution in [0.1, 0.15) is 26.7 Å². The highest BCUT2D eigenvalue weighted by Crippen LogP contribution is 1.98. The Morgan fingerprint density at radius 1 is 1.50 bits per heavy atom. The molecule has 0 aromatic rings. The van der Waals surface area contributed by atoms with E-state index in [2.05, 4.69) is 5.32 Å². The van der Waals surface area contributed by atoms with Crippen LogP contribution in [0.5, 0.6) is 0 Å². The van der Waals surface area contributed by atoms with Gasteiger partial charge in [0.2, 0.25) is 11.8 Å². The van der Waals surface area contributed by atoms with Crippen LogP contribution in [0.4, 0.5) is 0 Å². The molecule has 0 fully saturated rings. The van der Waals surface area contributed by atoms with E-state index in [4.69, 9.17) is 0 Å². The predicted octanol–water partition coefficient (Wildman–Crippen LogP) is 0.264. The van der Waals surface area contributed by atoms with Crippen molar-refractivity contribution < 1.29 is 14.4 Å². The van der Waals surface area contributed by atoms with E-state index in [0.717, 1.165) is 0 Å². The summed E-state index contributed by atoms with van der Waals surface area (Å²) >= 11 is 0. The van der Waals surface area contributed by atoms with E-state index >= 15 is 0 Å². The van der Waals surface area contributed by atoms with Gasteiger partial charge in [-0.05, 0) is 0 Å². The maximum absolute atomic E-state index is 11.0. The van der Waals surface area contributed by atoms with Gasteiger partial charge in [0.25, 0.3) is 0 Å². The van der Waals surface area contributed by atoms with Gasteiger partial charge >= 0.3 is 0 Å². The molecule has 0 saturated heterocycles. The Morgan fingerprint density at radius 3 is 2.50 bits per heavy atom. The molecule has 0 aromatic carbocycles. The predicted molar refractivity (Wildman–Crippen MR) is 43.3 cm³/mol. The Balaban J connectivity index is 3.86. The Labute approximate surface area is 71.3 Å². The van der Waals surface area contributed by atoms with E-state index in [0.29, 0.717) is 6.29 Å². The molecular formula is C8H13NO3. The van der Waals surface area contributed by atoms with Gasteiger partial charge in [0.1, 0.15) is 6.29 Å². The number of rotatable bonds is 4. The fourth-order valence-corrected chi connectivity index (χ4v) is 0.600. The maximum atomic E-state index is 11.0. The summed E-state index contributed by atoms with van der Waals surface area (Å²) in [5, 5.41) is 2.18. The number of aldehydes is 1. The lowest BCUT2D eigenvalue weighted by molar-refractivity contribution is -0.133. The van der Waals surface area contributed by atoms with E-state index in [9.17, 15) is 14.4 Å². The summed E-state index contributed by atoms with van der Waals surface area (Å²) in [5.41, 5.74) is 0. The van der Waals surface area contributed by atoms with Crippen LogP contribution in [-0.4, -0.2) is 18.1 Å². The average Bonchev–Trinajstić information content (AvgIpc) is 2.04. The third-order valence-electron chi connectivity index (χ3n) is 1.48. The summed E-state index contributed by atoms with van der Waals surface area (Å²) in [4.78, 5) is 31.7. The lowest BCUT2D eigenvalue weighted by atomic mass is 10.1. The zero-order chi connectivity index (χ0) is 9.56. The molecule has 2 amide bonds. The number of nitrogens with one attached hydrogen (secondary N) is 1. The lowest BCUT2D eigenvalue weighted by Gasteiger charge is -2.06. The minimum Gasteiger partial charge on any atom is -0.303 e. The van der Waals surface area contributed by atoms with Crippen molar-refractivity contribution in [1.82, 2.24) is 5.32 Å². The molecule has 0 aliphatic heterocycles. The van der Waals surface area contributed by atoms with E-state index in [-0.39, 0.29) is 24.7 Å². The second-order valence-electron chi connectivity index (χ2n) is 2.57. The number of hydrogen-bond acceptors (Lipinski definition) is 3. The largest absolute Gasteiger partial charge is 0.303 e. The molecule has 0 spiro atoms. The molecule has 0 bridgehead atoms. The zero-order valence-corrected chi connectivity index (χ0v) is 7.29. The molecule has 1 N–H and O–H groups in total. The van der Waals surface area contributed by atoms with E-state index in [1.54, 1.807) is 13.8 Å². The summed E-state index contributed by atoms with van der Waals surface area (Å²) in [6.45, 7) is 3.26. The van der Waals surface area contributed by atoms with E-state index in [1.165, 1.54) is 0 Å². The number of imide groups is 1. The van der Waals surface area contributed by atoms with Crippen LogP contribution in [0.25, 0.3) is 0 Å². The molecule has 4 nitrogen and oxygen atoms in total. The van der Waals surface area contributed by atoms with Gasteiger partial charge in [0, 0.05) is 18.8 Å². The SMILES string of the molecule is CCC(=O)NC(=O)C(C)CC=O.